The predicted octanol–water partition coefficient (Wildman–Crippen LogP) is 17.0. The zero-order valence-electron chi connectivity index (χ0n) is 41.2. The Labute approximate surface area is 439 Å². The second-order valence-corrected chi connectivity index (χ2v) is 20.0. The molecular formula is C70H48N4S. The van der Waals surface area contributed by atoms with Gasteiger partial charge in [0.2, 0.25) is 0 Å². The molecule has 13 rings (SSSR count). The smallest absolute Gasteiger partial charge is 0.164 e. The maximum Gasteiger partial charge on any atom is 0.164 e. The van der Waals surface area contributed by atoms with Gasteiger partial charge < -0.3 is 4.57 Å². The van der Waals surface area contributed by atoms with Gasteiger partial charge in [-0.25, -0.2) is 15.0 Å². The molecule has 3 heterocycles. The van der Waals surface area contributed by atoms with Crippen molar-refractivity contribution in [3.63, 3.8) is 0 Å². The van der Waals surface area contributed by atoms with Crippen molar-refractivity contribution in [2.45, 2.75) is 6.92 Å². The fourth-order valence-corrected chi connectivity index (χ4v) is 11.7. The van der Waals surface area contributed by atoms with Gasteiger partial charge in [-0.15, -0.1) is 11.3 Å². The van der Waals surface area contributed by atoms with E-state index in [-0.39, 0.29) is 0 Å². The van der Waals surface area contributed by atoms with Crippen LogP contribution in [0.15, 0.2) is 261 Å². The summed E-state index contributed by atoms with van der Waals surface area (Å²) in [4.78, 5) is 16.5. The van der Waals surface area contributed by atoms with E-state index >= 15 is 0 Å². The largest absolute Gasteiger partial charge is 0.309 e. The van der Waals surface area contributed by atoms with Crippen LogP contribution >= 0.6 is 11.3 Å². The van der Waals surface area contributed by atoms with Crippen LogP contribution in [-0.4, -0.2) is 19.5 Å². The first-order valence-electron chi connectivity index (χ1n) is 25.3. The second kappa shape index (κ2) is 19.5. The van der Waals surface area contributed by atoms with Crippen molar-refractivity contribution in [3.8, 4) is 84.1 Å². The summed E-state index contributed by atoms with van der Waals surface area (Å²) in [7, 11) is 0. The average molecular weight is 977 g/mol. The molecule has 354 valence electrons. The van der Waals surface area contributed by atoms with Crippen molar-refractivity contribution in [1.29, 1.82) is 0 Å². The molecule has 0 spiro atoms. The molecule has 0 unspecified atom stereocenters. The SMILES string of the molecule is C=C/C=c1/sc2ccc(-c3ccc4c(c3)c3ccccc3n4-c3ccccc3)cc2/c1=C(/C)c1nc(-c2cc(-c3ccccc3)cc(-c3ccccc3)c2)nc(-c2cc(-c3ccccc3)cc(-c3ccccc3)c2)n1. The van der Waals surface area contributed by atoms with E-state index in [1.807, 2.05) is 6.08 Å². The molecule has 0 aliphatic carbocycles. The first kappa shape index (κ1) is 45.3. The maximum absolute atomic E-state index is 5.50. The van der Waals surface area contributed by atoms with Crippen LogP contribution in [-0.2, 0) is 0 Å². The molecule has 75 heavy (non-hydrogen) atoms. The number of thiophene rings is 1. The minimum Gasteiger partial charge on any atom is -0.309 e. The quantitative estimate of drug-likeness (QED) is 0.137. The fraction of sp³-hybridized carbons (Fsp3) is 0.0143. The molecule has 0 amide bonds. The zero-order valence-corrected chi connectivity index (χ0v) is 42.0. The summed E-state index contributed by atoms with van der Waals surface area (Å²) in [6, 6.07) is 88.6. The van der Waals surface area contributed by atoms with Crippen LogP contribution in [0.4, 0.5) is 0 Å². The van der Waals surface area contributed by atoms with Gasteiger partial charge in [-0.2, -0.15) is 0 Å². The van der Waals surface area contributed by atoms with Crippen LogP contribution < -0.4 is 9.75 Å². The van der Waals surface area contributed by atoms with Crippen LogP contribution in [0.3, 0.4) is 0 Å². The number of fused-ring (bicyclic) bond motifs is 4. The molecule has 0 atom stereocenters. The summed E-state index contributed by atoms with van der Waals surface area (Å²) in [6.07, 6.45) is 3.99. The van der Waals surface area contributed by atoms with Crippen molar-refractivity contribution < 1.29 is 0 Å². The van der Waals surface area contributed by atoms with E-state index in [4.69, 9.17) is 15.0 Å². The Morgan fingerprint density at radius 3 is 1.32 bits per heavy atom. The van der Waals surface area contributed by atoms with Gasteiger partial charge in [0, 0.05) is 53.0 Å². The lowest BCUT2D eigenvalue weighted by Gasteiger charge is -2.14. The molecule has 3 aromatic heterocycles. The number of para-hydroxylation sites is 2. The lowest BCUT2D eigenvalue weighted by molar-refractivity contribution is 1.03. The highest BCUT2D eigenvalue weighted by molar-refractivity contribution is 7.17. The fourth-order valence-electron chi connectivity index (χ4n) is 10.5. The van der Waals surface area contributed by atoms with Crippen molar-refractivity contribution in [2.24, 2.45) is 0 Å². The normalized spacial score (nSPS) is 12.1. The number of allylic oxidation sites excluding steroid dienone is 1. The number of hydrogen-bond acceptors (Lipinski definition) is 4. The zero-order chi connectivity index (χ0) is 50.2. The highest BCUT2D eigenvalue weighted by atomic mass is 32.1. The summed E-state index contributed by atoms with van der Waals surface area (Å²) >= 11 is 1.76. The number of nitrogens with zero attached hydrogens (tertiary/aromatic N) is 4. The summed E-state index contributed by atoms with van der Waals surface area (Å²) in [5, 5.41) is 4.64. The molecule has 0 saturated carbocycles. The number of benzene rings is 10. The minimum absolute atomic E-state index is 0.591. The molecule has 10 aromatic carbocycles. The van der Waals surface area contributed by atoms with Crippen molar-refractivity contribution in [1.82, 2.24) is 19.5 Å². The molecule has 5 heteroatoms. The Morgan fingerprint density at radius 2 is 0.813 bits per heavy atom. The molecule has 13 aromatic rings. The van der Waals surface area contributed by atoms with E-state index in [1.54, 1.807) is 11.3 Å². The summed E-state index contributed by atoms with van der Waals surface area (Å²) in [6.45, 7) is 6.34. The highest BCUT2D eigenvalue weighted by Gasteiger charge is 2.19. The molecule has 0 bridgehead atoms. The third-order valence-electron chi connectivity index (χ3n) is 14.2. The molecule has 0 aliphatic rings. The molecule has 0 fully saturated rings. The van der Waals surface area contributed by atoms with E-state index in [0.717, 1.165) is 93.2 Å². The average Bonchev–Trinajstić information content (AvgIpc) is 4.02. The van der Waals surface area contributed by atoms with Gasteiger partial charge in [-0.3, -0.25) is 0 Å². The van der Waals surface area contributed by atoms with Crippen molar-refractivity contribution >= 4 is 54.9 Å². The Bertz CT molecular complexity index is 4150. The minimum atomic E-state index is 0.591. The van der Waals surface area contributed by atoms with Crippen molar-refractivity contribution in [2.75, 3.05) is 0 Å². The van der Waals surface area contributed by atoms with Gasteiger partial charge in [-0.1, -0.05) is 183 Å². The molecule has 0 saturated heterocycles. The van der Waals surface area contributed by atoms with E-state index in [2.05, 4.69) is 273 Å². The predicted molar refractivity (Wildman–Crippen MR) is 316 cm³/mol. The maximum atomic E-state index is 5.50. The Morgan fingerprint density at radius 1 is 0.387 bits per heavy atom. The highest BCUT2D eigenvalue weighted by Crippen LogP contribution is 2.38. The van der Waals surface area contributed by atoms with Crippen LogP contribution in [0.5, 0.6) is 0 Å². The monoisotopic (exact) mass is 976 g/mol. The second-order valence-electron chi connectivity index (χ2n) is 18.9. The molecule has 0 N–H and O–H groups in total. The summed E-state index contributed by atoms with van der Waals surface area (Å²) in [5.74, 6) is 1.79. The van der Waals surface area contributed by atoms with Crippen LogP contribution in [0, 0.1) is 0 Å². The number of rotatable bonds is 10. The summed E-state index contributed by atoms with van der Waals surface area (Å²) < 4.78 is 4.63. The van der Waals surface area contributed by atoms with Gasteiger partial charge in [0.15, 0.2) is 17.5 Å². The van der Waals surface area contributed by atoms with Gasteiger partial charge >= 0.3 is 0 Å². The van der Waals surface area contributed by atoms with E-state index in [9.17, 15) is 0 Å². The lowest BCUT2D eigenvalue weighted by atomic mass is 9.95. The van der Waals surface area contributed by atoms with Crippen molar-refractivity contribution in [3.05, 3.63) is 277 Å². The first-order chi connectivity index (χ1) is 37.0. The molecule has 0 aliphatic heterocycles. The molecular weight excluding hydrogens is 929 g/mol. The van der Waals surface area contributed by atoms with Gasteiger partial charge in [-0.05, 0) is 147 Å². The standard InChI is InChI=1S/C70H48N4S/c1-3-21-66-67(62-45-52(35-37-65(62)75-66)51-34-36-64-61(44-51)60-32-19-20-33-63(60)74(64)59-30-17-8-18-31-59)46(2)68-71-69(57-40-53(47-22-9-4-10-23-47)38-54(41-57)48-24-11-5-12-25-48)73-70(72-68)58-42-55(49-26-13-6-14-27-49)39-56(43-58)50-28-15-7-16-29-50/h3-45H,1H2,2H3/b66-21+,67-46+. The van der Waals surface area contributed by atoms with Gasteiger partial charge in [0.25, 0.3) is 0 Å². The topological polar surface area (TPSA) is 43.6 Å². The molecule has 4 nitrogen and oxygen atoms in total. The third kappa shape index (κ3) is 8.65. The Balaban J connectivity index is 1.05. The lowest BCUT2D eigenvalue weighted by Crippen LogP contribution is -2.22. The van der Waals surface area contributed by atoms with E-state index < -0.39 is 0 Å². The van der Waals surface area contributed by atoms with Crippen LogP contribution in [0.1, 0.15) is 12.7 Å². The van der Waals surface area contributed by atoms with Gasteiger partial charge in [0.05, 0.1) is 11.0 Å². The Kier molecular flexibility index (Phi) is 11.8. The first-order valence-corrected chi connectivity index (χ1v) is 26.1. The van der Waals surface area contributed by atoms with Crippen LogP contribution in [0.25, 0.3) is 128 Å². The molecule has 0 radical (unpaired) electrons. The van der Waals surface area contributed by atoms with E-state index in [0.29, 0.717) is 17.5 Å². The van der Waals surface area contributed by atoms with Crippen LogP contribution in [0.2, 0.25) is 0 Å². The Hall–Kier alpha value is -9.55. The number of hydrogen-bond donors (Lipinski definition) is 0. The third-order valence-corrected chi connectivity index (χ3v) is 15.3. The number of aromatic nitrogens is 4. The van der Waals surface area contributed by atoms with E-state index in [1.165, 1.54) is 26.5 Å². The van der Waals surface area contributed by atoms with Gasteiger partial charge in [0.1, 0.15) is 0 Å². The summed E-state index contributed by atoms with van der Waals surface area (Å²) in [5.41, 5.74) is 17.3.